The molecule has 3 aromatic carbocycles. The maximum absolute atomic E-state index is 13.8. The number of methoxy groups -OCH3 is 1. The number of nitrogens with one attached hydrogen (secondary N) is 2. The van der Waals surface area contributed by atoms with Gasteiger partial charge in [-0.05, 0) is 55.7 Å². The molecule has 1 aromatic heterocycles. The van der Waals surface area contributed by atoms with Crippen LogP contribution in [0.15, 0.2) is 89.2 Å². The number of benzene rings is 3. The Bertz CT molecular complexity index is 1560. The van der Waals surface area contributed by atoms with Crippen LogP contribution in [0.2, 0.25) is 0 Å². The monoisotopic (exact) mass is 539 g/mol. The van der Waals surface area contributed by atoms with Crippen molar-refractivity contribution in [3.05, 3.63) is 112 Å². The molecule has 4 aromatic rings. The molecule has 1 aliphatic rings. The second kappa shape index (κ2) is 11.2. The zero-order valence-corrected chi connectivity index (χ0v) is 23.0. The van der Waals surface area contributed by atoms with Crippen molar-refractivity contribution in [2.45, 2.75) is 37.7 Å². The average Bonchev–Trinajstić information content (AvgIpc) is 3.35. The van der Waals surface area contributed by atoms with Gasteiger partial charge in [0.25, 0.3) is 5.91 Å². The summed E-state index contributed by atoms with van der Waals surface area (Å²) >= 11 is 1.53. The molecule has 2 N–H and O–H groups in total. The lowest BCUT2D eigenvalue weighted by Gasteiger charge is -2.29. The van der Waals surface area contributed by atoms with Gasteiger partial charge in [-0.3, -0.25) is 4.79 Å². The van der Waals surface area contributed by atoms with Crippen LogP contribution in [-0.4, -0.2) is 33.8 Å². The van der Waals surface area contributed by atoms with Crippen LogP contribution in [0.3, 0.4) is 0 Å². The number of fused-ring (bicyclic) bond motifs is 1. The van der Waals surface area contributed by atoms with E-state index in [9.17, 15) is 9.59 Å². The molecule has 1 amide bonds. The fraction of sp³-hybridized carbons (Fsp3) is 0.200. The summed E-state index contributed by atoms with van der Waals surface area (Å²) in [5.41, 5.74) is 6.42. The van der Waals surface area contributed by atoms with Crippen molar-refractivity contribution in [1.29, 1.82) is 0 Å². The maximum atomic E-state index is 13.8. The minimum absolute atomic E-state index is 0.242. The van der Waals surface area contributed by atoms with Crippen molar-refractivity contribution in [3.8, 4) is 0 Å². The number of anilines is 2. The predicted octanol–water partition coefficient (Wildman–Crippen LogP) is 5.90. The Morgan fingerprint density at radius 1 is 1.03 bits per heavy atom. The van der Waals surface area contributed by atoms with Crippen molar-refractivity contribution in [2.24, 2.45) is 0 Å². The minimum atomic E-state index is -0.558. The van der Waals surface area contributed by atoms with Gasteiger partial charge in [-0.1, -0.05) is 71.9 Å². The van der Waals surface area contributed by atoms with Gasteiger partial charge < -0.3 is 15.4 Å². The van der Waals surface area contributed by atoms with Crippen molar-refractivity contribution >= 4 is 35.3 Å². The highest BCUT2D eigenvalue weighted by Gasteiger charge is 2.34. The smallest absolute Gasteiger partial charge is 0.337 e. The third-order valence-corrected chi connectivity index (χ3v) is 7.47. The van der Waals surface area contributed by atoms with E-state index >= 15 is 0 Å². The fourth-order valence-corrected chi connectivity index (χ4v) is 5.36. The predicted molar refractivity (Wildman–Crippen MR) is 153 cm³/mol. The Balaban J connectivity index is 1.51. The molecule has 9 heteroatoms. The average molecular weight is 540 g/mol. The van der Waals surface area contributed by atoms with Crippen LogP contribution < -0.4 is 10.6 Å². The minimum Gasteiger partial charge on any atom is -0.465 e. The fourth-order valence-electron chi connectivity index (χ4n) is 4.58. The molecule has 0 saturated carbocycles. The lowest BCUT2D eigenvalue weighted by Crippen LogP contribution is -2.31. The standard InChI is InChI=1S/C30H29N5O3S/c1-18-10-15-24(19(2)16-18)32-27(36)25-20(3)31-29-33-30(39-17-21-8-6-5-7-9-21)34-35(29)26(25)22-11-13-23(14-12-22)28(37)38-4/h5-16,26H,17H2,1-4H3,(H,32,36)(H,31,33,34). The van der Waals surface area contributed by atoms with Gasteiger partial charge in [0.05, 0.1) is 18.2 Å². The van der Waals surface area contributed by atoms with E-state index in [2.05, 4.69) is 22.8 Å². The molecule has 0 fully saturated rings. The molecule has 0 radical (unpaired) electrons. The van der Waals surface area contributed by atoms with Crippen molar-refractivity contribution < 1.29 is 14.3 Å². The number of ether oxygens (including phenoxy) is 1. The largest absolute Gasteiger partial charge is 0.465 e. The van der Waals surface area contributed by atoms with Crippen LogP contribution >= 0.6 is 11.8 Å². The van der Waals surface area contributed by atoms with E-state index in [1.165, 1.54) is 24.4 Å². The summed E-state index contributed by atoms with van der Waals surface area (Å²) in [6, 6.07) is 22.5. The van der Waals surface area contributed by atoms with E-state index in [0.717, 1.165) is 28.1 Å². The first kappa shape index (κ1) is 26.2. The van der Waals surface area contributed by atoms with E-state index in [1.807, 2.05) is 69.3 Å². The molecule has 1 atom stereocenters. The van der Waals surface area contributed by atoms with Crippen LogP contribution in [0.5, 0.6) is 0 Å². The molecule has 1 aliphatic heterocycles. The Morgan fingerprint density at radius 2 is 1.77 bits per heavy atom. The third kappa shape index (κ3) is 5.58. The SMILES string of the molecule is COC(=O)c1ccc(C2C(C(=O)Nc3ccc(C)cc3C)=C(C)Nc3nc(SCc4ccccc4)nn32)cc1. The first-order valence-corrected chi connectivity index (χ1v) is 13.5. The molecule has 2 heterocycles. The molecule has 0 aliphatic carbocycles. The van der Waals surface area contributed by atoms with Gasteiger partial charge in [-0.25, -0.2) is 9.48 Å². The molecule has 0 spiro atoms. The first-order chi connectivity index (χ1) is 18.8. The molecular weight excluding hydrogens is 510 g/mol. The van der Waals surface area contributed by atoms with Crippen molar-refractivity contribution in [2.75, 3.05) is 17.7 Å². The molecule has 0 saturated heterocycles. The number of aromatic nitrogens is 3. The normalized spacial score (nSPS) is 14.4. The summed E-state index contributed by atoms with van der Waals surface area (Å²) in [7, 11) is 1.35. The van der Waals surface area contributed by atoms with Crippen LogP contribution in [0.4, 0.5) is 11.6 Å². The number of hydrogen-bond acceptors (Lipinski definition) is 7. The quantitative estimate of drug-likeness (QED) is 0.223. The van der Waals surface area contributed by atoms with E-state index in [1.54, 1.807) is 16.8 Å². The van der Waals surface area contributed by atoms with Crippen molar-refractivity contribution in [1.82, 2.24) is 14.8 Å². The summed E-state index contributed by atoms with van der Waals surface area (Å²) in [5, 5.41) is 11.8. The van der Waals surface area contributed by atoms with Gasteiger partial charge in [0.2, 0.25) is 11.1 Å². The molecule has 8 nitrogen and oxygen atoms in total. The zero-order valence-electron chi connectivity index (χ0n) is 22.2. The van der Waals surface area contributed by atoms with E-state index in [4.69, 9.17) is 14.8 Å². The van der Waals surface area contributed by atoms with Gasteiger partial charge in [0, 0.05) is 17.1 Å². The van der Waals surface area contributed by atoms with Crippen LogP contribution in [0.1, 0.15) is 45.6 Å². The molecule has 0 bridgehead atoms. The van der Waals surface area contributed by atoms with Gasteiger partial charge in [-0.15, -0.1) is 5.10 Å². The summed E-state index contributed by atoms with van der Waals surface area (Å²) in [6.07, 6.45) is 0. The Hall–Kier alpha value is -4.37. The number of amides is 1. The van der Waals surface area contributed by atoms with Crippen LogP contribution in [0, 0.1) is 13.8 Å². The second-order valence-corrected chi connectivity index (χ2v) is 10.3. The van der Waals surface area contributed by atoms with Gasteiger partial charge in [-0.2, -0.15) is 4.98 Å². The first-order valence-electron chi connectivity index (χ1n) is 12.5. The Kier molecular flexibility index (Phi) is 7.51. The lowest BCUT2D eigenvalue weighted by atomic mass is 9.94. The number of nitrogens with zero attached hydrogens (tertiary/aromatic N) is 3. The third-order valence-electron chi connectivity index (χ3n) is 6.57. The number of rotatable bonds is 7. The Morgan fingerprint density at radius 3 is 2.46 bits per heavy atom. The highest BCUT2D eigenvalue weighted by Crippen LogP contribution is 2.37. The number of carbonyl (C=O) groups excluding carboxylic acids is 2. The highest BCUT2D eigenvalue weighted by molar-refractivity contribution is 7.98. The van der Waals surface area contributed by atoms with Crippen LogP contribution in [-0.2, 0) is 15.3 Å². The topological polar surface area (TPSA) is 98.1 Å². The molecular formula is C30H29N5O3S. The number of carbonyl (C=O) groups is 2. The summed E-state index contributed by atoms with van der Waals surface area (Å²) in [6.45, 7) is 5.85. The van der Waals surface area contributed by atoms with E-state index in [0.29, 0.717) is 27.9 Å². The summed E-state index contributed by atoms with van der Waals surface area (Å²) in [4.78, 5) is 30.6. The van der Waals surface area contributed by atoms with E-state index < -0.39 is 12.0 Å². The molecule has 5 rings (SSSR count). The van der Waals surface area contributed by atoms with Gasteiger partial charge >= 0.3 is 5.97 Å². The summed E-state index contributed by atoms with van der Waals surface area (Å²) in [5.74, 6) is 0.601. The molecule has 39 heavy (non-hydrogen) atoms. The van der Waals surface area contributed by atoms with Crippen molar-refractivity contribution in [3.63, 3.8) is 0 Å². The molecule has 198 valence electrons. The lowest BCUT2D eigenvalue weighted by molar-refractivity contribution is -0.113. The highest BCUT2D eigenvalue weighted by atomic mass is 32.2. The van der Waals surface area contributed by atoms with E-state index in [-0.39, 0.29) is 5.91 Å². The van der Waals surface area contributed by atoms with Gasteiger partial charge in [0.1, 0.15) is 6.04 Å². The van der Waals surface area contributed by atoms with Gasteiger partial charge in [0.15, 0.2) is 0 Å². The maximum Gasteiger partial charge on any atom is 0.337 e. The molecule has 1 unspecified atom stereocenters. The number of hydrogen-bond donors (Lipinski definition) is 2. The number of aryl methyl sites for hydroxylation is 2. The Labute approximate surface area is 231 Å². The number of esters is 1. The second-order valence-electron chi connectivity index (χ2n) is 9.39. The number of thioether (sulfide) groups is 1. The number of allylic oxidation sites excluding steroid dienone is 1. The summed E-state index contributed by atoms with van der Waals surface area (Å²) < 4.78 is 6.59. The van der Waals surface area contributed by atoms with Crippen LogP contribution in [0.25, 0.3) is 0 Å². The zero-order chi connectivity index (χ0) is 27.5.